The second kappa shape index (κ2) is 7.39. The molecule has 2 rings (SSSR count). The predicted octanol–water partition coefficient (Wildman–Crippen LogP) is 2.51. The molecule has 1 saturated heterocycles. The van der Waals surface area contributed by atoms with E-state index in [-0.39, 0.29) is 6.10 Å². The number of nitrogens with zero attached hydrogens (tertiary/aromatic N) is 2. The predicted molar refractivity (Wildman–Crippen MR) is 82.3 cm³/mol. The van der Waals surface area contributed by atoms with Crippen LogP contribution in [0.3, 0.4) is 0 Å². The van der Waals surface area contributed by atoms with Gasteiger partial charge in [-0.3, -0.25) is 0 Å². The first-order valence-electron chi connectivity index (χ1n) is 6.99. The largest absolute Gasteiger partial charge is 0.388 e. The summed E-state index contributed by atoms with van der Waals surface area (Å²) in [6.45, 7) is 5.55. The second-order valence-corrected chi connectivity index (χ2v) is 6.27. The molecule has 3 nitrogen and oxygen atoms in total. The maximum atomic E-state index is 10.2. The molecule has 1 fully saturated rings. The van der Waals surface area contributed by atoms with E-state index in [1.807, 2.05) is 24.3 Å². The molecular formula is C15H23BrN2O. The minimum atomic E-state index is -0.363. The lowest BCUT2D eigenvalue weighted by atomic mass is 10.1. The molecule has 4 heteroatoms. The van der Waals surface area contributed by atoms with Gasteiger partial charge in [0.15, 0.2) is 0 Å². The average molecular weight is 327 g/mol. The van der Waals surface area contributed by atoms with E-state index >= 15 is 0 Å². The first-order chi connectivity index (χ1) is 9.15. The molecule has 1 aliphatic rings. The minimum Gasteiger partial charge on any atom is -0.388 e. The summed E-state index contributed by atoms with van der Waals surface area (Å²) in [5.41, 5.74) is 1.00. The summed E-state index contributed by atoms with van der Waals surface area (Å²) in [6, 6.07) is 7.96. The molecule has 0 aromatic heterocycles. The zero-order valence-electron chi connectivity index (χ0n) is 11.6. The Hall–Kier alpha value is -0.420. The zero-order valence-corrected chi connectivity index (χ0v) is 13.1. The van der Waals surface area contributed by atoms with E-state index < -0.39 is 0 Å². The van der Waals surface area contributed by atoms with Crippen LogP contribution in [0.5, 0.6) is 0 Å². The molecule has 1 aromatic carbocycles. The van der Waals surface area contributed by atoms with Crippen LogP contribution in [0, 0.1) is 0 Å². The van der Waals surface area contributed by atoms with E-state index in [0.29, 0.717) is 0 Å². The fraction of sp³-hybridized carbons (Fsp3) is 0.600. The van der Waals surface area contributed by atoms with Gasteiger partial charge >= 0.3 is 0 Å². The summed E-state index contributed by atoms with van der Waals surface area (Å²) < 4.78 is 1.03. The van der Waals surface area contributed by atoms with Crippen LogP contribution in [-0.4, -0.2) is 54.7 Å². The lowest BCUT2D eigenvalue weighted by Crippen LogP contribution is -2.30. The van der Waals surface area contributed by atoms with Crippen molar-refractivity contribution in [3.05, 3.63) is 34.3 Å². The Bertz CT molecular complexity index is 399. The van der Waals surface area contributed by atoms with Gasteiger partial charge in [-0.1, -0.05) is 28.1 Å². The quantitative estimate of drug-likeness (QED) is 0.921. The minimum absolute atomic E-state index is 0.363. The summed E-state index contributed by atoms with van der Waals surface area (Å²) in [4.78, 5) is 4.84. The van der Waals surface area contributed by atoms with Crippen LogP contribution in [0.4, 0.5) is 0 Å². The number of likely N-dealkylation sites (N-methyl/N-ethyl adjacent to an activating group) is 1. The van der Waals surface area contributed by atoms with Crippen molar-refractivity contribution in [3.8, 4) is 0 Å². The van der Waals surface area contributed by atoms with Crippen LogP contribution in [0.1, 0.15) is 24.5 Å². The van der Waals surface area contributed by atoms with Gasteiger partial charge in [-0.15, -0.1) is 0 Å². The van der Waals surface area contributed by atoms with Crippen molar-refractivity contribution in [2.45, 2.75) is 18.9 Å². The lowest BCUT2D eigenvalue weighted by Gasteiger charge is -2.21. The number of aliphatic hydroxyl groups is 1. The molecule has 106 valence electrons. The summed E-state index contributed by atoms with van der Waals surface area (Å²) in [5.74, 6) is 0. The second-order valence-electron chi connectivity index (χ2n) is 5.36. The fourth-order valence-electron chi connectivity index (χ4n) is 2.51. The van der Waals surface area contributed by atoms with Gasteiger partial charge in [-0.2, -0.15) is 0 Å². The lowest BCUT2D eigenvalue weighted by molar-refractivity contribution is 0.143. The molecular weight excluding hydrogens is 304 g/mol. The summed E-state index contributed by atoms with van der Waals surface area (Å²) >= 11 is 3.45. The monoisotopic (exact) mass is 326 g/mol. The highest BCUT2D eigenvalue weighted by Gasteiger charge is 2.14. The summed E-state index contributed by atoms with van der Waals surface area (Å²) in [6.07, 6.45) is 1.67. The highest BCUT2D eigenvalue weighted by atomic mass is 79.9. The van der Waals surface area contributed by atoms with Crippen molar-refractivity contribution in [2.24, 2.45) is 0 Å². The Labute approximate surface area is 124 Å². The molecule has 1 aromatic rings. The maximum Gasteiger partial charge on any atom is 0.0802 e. The van der Waals surface area contributed by atoms with Crippen molar-refractivity contribution in [1.29, 1.82) is 0 Å². The van der Waals surface area contributed by atoms with E-state index in [4.69, 9.17) is 0 Å². The van der Waals surface area contributed by atoms with Gasteiger partial charge < -0.3 is 14.9 Å². The Balaban J connectivity index is 1.81. The zero-order chi connectivity index (χ0) is 13.7. The topological polar surface area (TPSA) is 26.7 Å². The molecule has 0 amide bonds. The number of hydrogen-bond donors (Lipinski definition) is 1. The third-order valence-corrected chi connectivity index (χ3v) is 4.26. The molecule has 1 heterocycles. The Morgan fingerprint density at radius 1 is 1.26 bits per heavy atom. The van der Waals surface area contributed by atoms with Gasteiger partial charge in [0.1, 0.15) is 0 Å². The van der Waals surface area contributed by atoms with Gasteiger partial charge in [0.25, 0.3) is 0 Å². The standard InChI is InChI=1S/C15H23BrN2O/c1-17-7-3-8-18(11-10-17)9-6-15(19)13-4-2-5-14(16)12-13/h2,4-5,12,15,19H,3,6-11H2,1H3. The van der Waals surface area contributed by atoms with Crippen LogP contribution >= 0.6 is 15.9 Å². The molecule has 19 heavy (non-hydrogen) atoms. The third kappa shape index (κ3) is 4.88. The van der Waals surface area contributed by atoms with E-state index in [2.05, 4.69) is 32.8 Å². The highest BCUT2D eigenvalue weighted by Crippen LogP contribution is 2.21. The molecule has 0 saturated carbocycles. The molecule has 0 spiro atoms. The molecule has 1 aliphatic heterocycles. The van der Waals surface area contributed by atoms with Crippen molar-refractivity contribution in [2.75, 3.05) is 39.8 Å². The summed E-state index contributed by atoms with van der Waals surface area (Å²) in [5, 5.41) is 10.2. The summed E-state index contributed by atoms with van der Waals surface area (Å²) in [7, 11) is 2.18. The number of hydrogen-bond acceptors (Lipinski definition) is 3. The fourth-order valence-corrected chi connectivity index (χ4v) is 2.93. The Morgan fingerprint density at radius 3 is 2.89 bits per heavy atom. The van der Waals surface area contributed by atoms with E-state index in [1.165, 1.54) is 13.0 Å². The van der Waals surface area contributed by atoms with Crippen LogP contribution < -0.4 is 0 Å². The maximum absolute atomic E-state index is 10.2. The van der Waals surface area contributed by atoms with Gasteiger partial charge in [0.2, 0.25) is 0 Å². The van der Waals surface area contributed by atoms with Gasteiger partial charge in [0, 0.05) is 24.1 Å². The first kappa shape index (κ1) is 15.0. The van der Waals surface area contributed by atoms with Crippen molar-refractivity contribution < 1.29 is 5.11 Å². The smallest absolute Gasteiger partial charge is 0.0802 e. The third-order valence-electron chi connectivity index (χ3n) is 3.76. The average Bonchev–Trinajstić information content (AvgIpc) is 2.61. The van der Waals surface area contributed by atoms with E-state index in [0.717, 1.165) is 42.6 Å². The molecule has 0 aliphatic carbocycles. The molecule has 1 N–H and O–H groups in total. The molecule has 0 bridgehead atoms. The Kier molecular flexibility index (Phi) is 5.82. The van der Waals surface area contributed by atoms with E-state index in [1.54, 1.807) is 0 Å². The van der Waals surface area contributed by atoms with Gasteiger partial charge in [-0.05, 0) is 50.7 Å². The van der Waals surface area contributed by atoms with Crippen LogP contribution in [0.2, 0.25) is 0 Å². The number of aliphatic hydroxyl groups excluding tert-OH is 1. The first-order valence-corrected chi connectivity index (χ1v) is 7.79. The number of rotatable bonds is 4. The van der Waals surface area contributed by atoms with Gasteiger partial charge in [0.05, 0.1) is 6.10 Å². The van der Waals surface area contributed by atoms with E-state index in [9.17, 15) is 5.11 Å². The highest BCUT2D eigenvalue weighted by molar-refractivity contribution is 9.10. The SMILES string of the molecule is CN1CCCN(CCC(O)c2cccc(Br)c2)CC1. The van der Waals surface area contributed by atoms with Crippen molar-refractivity contribution >= 4 is 15.9 Å². The van der Waals surface area contributed by atoms with Crippen LogP contribution in [-0.2, 0) is 0 Å². The number of halogens is 1. The normalized spacial score (nSPS) is 20.2. The Morgan fingerprint density at radius 2 is 2.11 bits per heavy atom. The van der Waals surface area contributed by atoms with Crippen LogP contribution in [0.15, 0.2) is 28.7 Å². The molecule has 1 atom stereocenters. The van der Waals surface area contributed by atoms with Crippen LogP contribution in [0.25, 0.3) is 0 Å². The van der Waals surface area contributed by atoms with Gasteiger partial charge in [-0.25, -0.2) is 0 Å². The number of benzene rings is 1. The molecule has 1 unspecified atom stereocenters. The van der Waals surface area contributed by atoms with Crippen molar-refractivity contribution in [3.63, 3.8) is 0 Å². The van der Waals surface area contributed by atoms with Crippen molar-refractivity contribution in [1.82, 2.24) is 9.80 Å². The molecule has 0 radical (unpaired) electrons.